The zero-order valence-corrected chi connectivity index (χ0v) is 15.4. The lowest BCUT2D eigenvalue weighted by atomic mass is 9.79. The molecule has 0 radical (unpaired) electrons. The number of nitrogens with one attached hydrogen (secondary N) is 1. The number of benzene rings is 1. The third-order valence-electron chi connectivity index (χ3n) is 4.31. The van der Waals surface area contributed by atoms with E-state index in [4.69, 9.17) is 15.2 Å². The summed E-state index contributed by atoms with van der Waals surface area (Å²) >= 11 is 0. The highest BCUT2D eigenvalue weighted by Gasteiger charge is 2.38. The molecule has 1 fully saturated rings. The number of rotatable bonds is 7. The number of amides is 1. The number of para-hydroxylation sites is 1. The van der Waals surface area contributed by atoms with Crippen molar-refractivity contribution in [2.24, 2.45) is 17.1 Å². The zero-order valence-electron chi connectivity index (χ0n) is 14.5. The minimum Gasteiger partial charge on any atom is -0.493 e. The van der Waals surface area contributed by atoms with E-state index in [1.165, 1.54) is 0 Å². The highest BCUT2D eigenvalue weighted by molar-refractivity contribution is 5.85. The molecule has 1 aliphatic rings. The van der Waals surface area contributed by atoms with Gasteiger partial charge in [0.1, 0.15) is 5.75 Å². The fourth-order valence-electron chi connectivity index (χ4n) is 2.70. The second-order valence-electron chi connectivity index (χ2n) is 6.59. The molecule has 0 bridgehead atoms. The molecule has 0 aliphatic carbocycles. The number of carbonyl (C=O) groups is 1. The molecular formula is C18H29ClN2O3. The fraction of sp³-hybridized carbons (Fsp3) is 0.611. The number of nitrogens with two attached hydrogens (primary N) is 1. The van der Waals surface area contributed by atoms with Gasteiger partial charge < -0.3 is 20.5 Å². The Morgan fingerprint density at radius 2 is 2.00 bits per heavy atom. The molecule has 0 saturated carbocycles. The highest BCUT2D eigenvalue weighted by Crippen LogP contribution is 2.30. The Morgan fingerprint density at radius 3 is 2.62 bits per heavy atom. The Balaban J connectivity index is 0.00000288. The molecule has 6 heteroatoms. The van der Waals surface area contributed by atoms with E-state index in [1.807, 2.05) is 24.3 Å². The minimum absolute atomic E-state index is 0. The normalized spacial score (nSPS) is 16.3. The quantitative estimate of drug-likeness (QED) is 0.787. The van der Waals surface area contributed by atoms with E-state index in [-0.39, 0.29) is 18.3 Å². The summed E-state index contributed by atoms with van der Waals surface area (Å²) in [5, 5.41) is 3.03. The number of halogens is 1. The maximum Gasteiger partial charge on any atom is 0.227 e. The van der Waals surface area contributed by atoms with Crippen molar-refractivity contribution in [1.29, 1.82) is 0 Å². The third kappa shape index (κ3) is 5.36. The molecule has 1 aromatic rings. The maximum absolute atomic E-state index is 12.6. The molecule has 1 saturated heterocycles. The van der Waals surface area contributed by atoms with Crippen molar-refractivity contribution in [3.63, 3.8) is 0 Å². The Kier molecular flexibility index (Phi) is 8.53. The Morgan fingerprint density at radius 1 is 1.33 bits per heavy atom. The van der Waals surface area contributed by atoms with Gasteiger partial charge in [0.15, 0.2) is 0 Å². The summed E-state index contributed by atoms with van der Waals surface area (Å²) in [6.45, 7) is 6.89. The van der Waals surface area contributed by atoms with E-state index < -0.39 is 5.41 Å². The number of ether oxygens (including phenoxy) is 2. The van der Waals surface area contributed by atoms with Gasteiger partial charge >= 0.3 is 0 Å². The second-order valence-corrected chi connectivity index (χ2v) is 6.59. The van der Waals surface area contributed by atoms with Gasteiger partial charge in [0.25, 0.3) is 0 Å². The first-order valence-corrected chi connectivity index (χ1v) is 8.34. The maximum atomic E-state index is 12.6. The summed E-state index contributed by atoms with van der Waals surface area (Å²) in [6, 6.07) is 7.82. The zero-order chi connectivity index (χ0) is 16.7. The molecule has 2 rings (SSSR count). The molecule has 136 valence electrons. The van der Waals surface area contributed by atoms with Crippen molar-refractivity contribution in [3.05, 3.63) is 29.8 Å². The van der Waals surface area contributed by atoms with Crippen LogP contribution in [0.25, 0.3) is 0 Å². The summed E-state index contributed by atoms with van der Waals surface area (Å²) in [4.78, 5) is 12.6. The largest absolute Gasteiger partial charge is 0.493 e. The van der Waals surface area contributed by atoms with Crippen LogP contribution in [0.5, 0.6) is 5.75 Å². The Bertz CT molecular complexity index is 517. The first-order chi connectivity index (χ1) is 11.1. The van der Waals surface area contributed by atoms with Crippen LogP contribution in [0, 0.1) is 11.3 Å². The first-order valence-electron chi connectivity index (χ1n) is 8.34. The molecule has 0 spiro atoms. The van der Waals surface area contributed by atoms with E-state index >= 15 is 0 Å². The summed E-state index contributed by atoms with van der Waals surface area (Å²) in [5.41, 5.74) is 6.37. The summed E-state index contributed by atoms with van der Waals surface area (Å²) in [6.07, 6.45) is 1.36. The van der Waals surface area contributed by atoms with Gasteiger partial charge in [-0.05, 0) is 24.8 Å². The van der Waals surface area contributed by atoms with Crippen LogP contribution in [0.1, 0.15) is 32.3 Å². The number of hydrogen-bond acceptors (Lipinski definition) is 4. The van der Waals surface area contributed by atoms with Crippen molar-refractivity contribution in [2.75, 3.05) is 26.4 Å². The predicted octanol–water partition coefficient (Wildman–Crippen LogP) is 2.51. The second kappa shape index (κ2) is 9.87. The molecule has 1 aromatic carbocycles. The molecule has 0 unspecified atom stereocenters. The van der Waals surface area contributed by atoms with E-state index in [2.05, 4.69) is 19.2 Å². The van der Waals surface area contributed by atoms with Crippen molar-refractivity contribution in [2.45, 2.75) is 33.2 Å². The van der Waals surface area contributed by atoms with Crippen LogP contribution in [0.3, 0.4) is 0 Å². The third-order valence-corrected chi connectivity index (χ3v) is 4.31. The van der Waals surface area contributed by atoms with Crippen LogP contribution in [0.2, 0.25) is 0 Å². The van der Waals surface area contributed by atoms with E-state index in [0.717, 1.165) is 11.3 Å². The lowest BCUT2D eigenvalue weighted by Crippen LogP contribution is -2.49. The lowest BCUT2D eigenvalue weighted by Gasteiger charge is -2.34. The van der Waals surface area contributed by atoms with Crippen LogP contribution in [-0.4, -0.2) is 32.3 Å². The summed E-state index contributed by atoms with van der Waals surface area (Å²) < 4.78 is 11.2. The van der Waals surface area contributed by atoms with Gasteiger partial charge in [0.2, 0.25) is 5.91 Å². The van der Waals surface area contributed by atoms with Gasteiger partial charge in [-0.15, -0.1) is 12.4 Å². The van der Waals surface area contributed by atoms with Gasteiger partial charge in [-0.25, -0.2) is 0 Å². The van der Waals surface area contributed by atoms with Crippen molar-refractivity contribution in [3.8, 4) is 5.75 Å². The van der Waals surface area contributed by atoms with Crippen LogP contribution < -0.4 is 15.8 Å². The van der Waals surface area contributed by atoms with Gasteiger partial charge in [0.05, 0.1) is 12.0 Å². The van der Waals surface area contributed by atoms with Crippen LogP contribution in [0.15, 0.2) is 24.3 Å². The molecule has 0 atom stereocenters. The van der Waals surface area contributed by atoms with Crippen LogP contribution in [-0.2, 0) is 16.1 Å². The Labute approximate surface area is 150 Å². The van der Waals surface area contributed by atoms with E-state index in [9.17, 15) is 4.79 Å². The average Bonchev–Trinajstić information content (AvgIpc) is 2.59. The standard InChI is InChI=1S/C18H28N2O3.ClH/c1-14(2)12-23-16-6-4-3-5-15(16)11-20-17(21)18(13-19)7-9-22-10-8-18;/h3-6,14H,7-13,19H2,1-2H3,(H,20,21);1H. The molecular weight excluding hydrogens is 328 g/mol. The summed E-state index contributed by atoms with van der Waals surface area (Å²) in [5.74, 6) is 1.30. The van der Waals surface area contributed by atoms with E-state index in [1.54, 1.807) is 0 Å². The van der Waals surface area contributed by atoms with Crippen LogP contribution in [0.4, 0.5) is 0 Å². The Hall–Kier alpha value is -1.30. The van der Waals surface area contributed by atoms with E-state index in [0.29, 0.717) is 51.7 Å². The summed E-state index contributed by atoms with van der Waals surface area (Å²) in [7, 11) is 0. The fourth-order valence-corrected chi connectivity index (χ4v) is 2.70. The molecule has 1 amide bonds. The molecule has 1 heterocycles. The van der Waals surface area contributed by atoms with Gasteiger partial charge in [-0.3, -0.25) is 4.79 Å². The van der Waals surface area contributed by atoms with Crippen LogP contribution >= 0.6 is 12.4 Å². The molecule has 0 aromatic heterocycles. The number of hydrogen-bond donors (Lipinski definition) is 2. The topological polar surface area (TPSA) is 73.6 Å². The monoisotopic (exact) mass is 356 g/mol. The van der Waals surface area contributed by atoms with Gasteiger partial charge in [-0.2, -0.15) is 0 Å². The lowest BCUT2D eigenvalue weighted by molar-refractivity contribution is -0.136. The van der Waals surface area contributed by atoms with Gasteiger partial charge in [0, 0.05) is 31.9 Å². The molecule has 1 aliphatic heterocycles. The number of carbonyl (C=O) groups excluding carboxylic acids is 1. The molecule has 5 nitrogen and oxygen atoms in total. The SMILES string of the molecule is CC(C)COc1ccccc1CNC(=O)C1(CN)CCOCC1.Cl. The van der Waals surface area contributed by atoms with Gasteiger partial charge in [-0.1, -0.05) is 32.0 Å². The predicted molar refractivity (Wildman–Crippen MR) is 97.4 cm³/mol. The molecule has 3 N–H and O–H groups in total. The smallest absolute Gasteiger partial charge is 0.227 e. The minimum atomic E-state index is -0.494. The first kappa shape index (κ1) is 20.7. The van der Waals surface area contributed by atoms with Crippen molar-refractivity contribution >= 4 is 18.3 Å². The highest BCUT2D eigenvalue weighted by atomic mass is 35.5. The average molecular weight is 357 g/mol. The van der Waals surface area contributed by atoms with Crippen molar-refractivity contribution < 1.29 is 14.3 Å². The van der Waals surface area contributed by atoms with Crippen molar-refractivity contribution in [1.82, 2.24) is 5.32 Å². The molecule has 24 heavy (non-hydrogen) atoms.